The highest BCUT2D eigenvalue weighted by molar-refractivity contribution is 7.99. The zero-order chi connectivity index (χ0) is 15.9. The van der Waals surface area contributed by atoms with Crippen molar-refractivity contribution in [2.24, 2.45) is 0 Å². The first-order chi connectivity index (χ1) is 10.5. The second-order valence-corrected chi connectivity index (χ2v) is 6.07. The third-order valence-electron chi connectivity index (χ3n) is 2.75. The Morgan fingerprint density at radius 2 is 2.18 bits per heavy atom. The van der Waals surface area contributed by atoms with Crippen LogP contribution >= 0.6 is 11.8 Å². The molecule has 0 aliphatic rings. The number of hydrogen-bond donors (Lipinski definition) is 2. The Kier molecular flexibility index (Phi) is 5.83. The summed E-state index contributed by atoms with van der Waals surface area (Å²) in [5.74, 6) is 1.73. The number of aromatic amines is 1. The standard InChI is InChI=1S/C15H20N4O2S/c1-10(2)16-14(20)9-22-15-17-13(18-19-15)8-21-12-7-5-4-6-11(12)3/h4-7,10H,8-9H2,1-3H3,(H,16,20)(H,17,18,19). The average Bonchev–Trinajstić information content (AvgIpc) is 2.91. The van der Waals surface area contributed by atoms with Gasteiger partial charge in [0.2, 0.25) is 11.1 Å². The Hall–Kier alpha value is -2.02. The first-order valence-corrected chi connectivity index (χ1v) is 8.05. The van der Waals surface area contributed by atoms with E-state index in [9.17, 15) is 4.79 Å². The summed E-state index contributed by atoms with van der Waals surface area (Å²) in [5, 5.41) is 10.3. The van der Waals surface area contributed by atoms with Crippen molar-refractivity contribution in [2.45, 2.75) is 38.6 Å². The number of ether oxygens (including phenoxy) is 1. The van der Waals surface area contributed by atoms with Crippen LogP contribution in [0.4, 0.5) is 0 Å². The molecular formula is C15H20N4O2S. The summed E-state index contributed by atoms with van der Waals surface area (Å²) in [5.41, 5.74) is 1.07. The molecule has 1 heterocycles. The Morgan fingerprint density at radius 3 is 2.91 bits per heavy atom. The largest absolute Gasteiger partial charge is 0.485 e. The lowest BCUT2D eigenvalue weighted by Gasteiger charge is -2.06. The molecule has 2 N–H and O–H groups in total. The fourth-order valence-electron chi connectivity index (χ4n) is 1.77. The molecule has 0 saturated carbocycles. The summed E-state index contributed by atoms with van der Waals surface area (Å²) < 4.78 is 5.69. The predicted molar refractivity (Wildman–Crippen MR) is 85.9 cm³/mol. The summed E-state index contributed by atoms with van der Waals surface area (Å²) in [6.07, 6.45) is 0. The molecule has 0 fully saturated rings. The summed E-state index contributed by atoms with van der Waals surface area (Å²) in [6.45, 7) is 6.16. The van der Waals surface area contributed by atoms with Crippen LogP contribution in [0, 0.1) is 6.92 Å². The van der Waals surface area contributed by atoms with Crippen molar-refractivity contribution < 1.29 is 9.53 Å². The lowest BCUT2D eigenvalue weighted by Crippen LogP contribution is -2.31. The molecule has 1 amide bonds. The van der Waals surface area contributed by atoms with Crippen molar-refractivity contribution in [1.82, 2.24) is 20.5 Å². The third-order valence-corrected chi connectivity index (χ3v) is 3.60. The Balaban J connectivity index is 1.81. The second-order valence-electron chi connectivity index (χ2n) is 5.13. The van der Waals surface area contributed by atoms with E-state index in [-0.39, 0.29) is 11.9 Å². The average molecular weight is 320 g/mol. The van der Waals surface area contributed by atoms with E-state index in [0.717, 1.165) is 11.3 Å². The normalized spacial score (nSPS) is 10.7. The third kappa shape index (κ3) is 5.07. The van der Waals surface area contributed by atoms with Crippen LogP contribution < -0.4 is 10.1 Å². The molecule has 0 radical (unpaired) electrons. The van der Waals surface area contributed by atoms with Gasteiger partial charge in [0.25, 0.3) is 0 Å². The van der Waals surface area contributed by atoms with Crippen LogP contribution in [0.15, 0.2) is 29.4 Å². The summed E-state index contributed by atoms with van der Waals surface area (Å²) in [6, 6.07) is 7.94. The van der Waals surface area contributed by atoms with Crippen molar-refractivity contribution in [3.8, 4) is 5.75 Å². The first kappa shape index (κ1) is 16.4. The number of benzene rings is 1. The number of rotatable bonds is 7. The van der Waals surface area contributed by atoms with Crippen LogP contribution in [0.25, 0.3) is 0 Å². The molecule has 0 aliphatic heterocycles. The number of carbonyl (C=O) groups is 1. The quantitative estimate of drug-likeness (QED) is 0.765. The minimum atomic E-state index is -0.0255. The maximum atomic E-state index is 11.6. The highest BCUT2D eigenvalue weighted by atomic mass is 32.2. The number of hydrogen-bond acceptors (Lipinski definition) is 5. The van der Waals surface area contributed by atoms with Gasteiger partial charge in [-0.1, -0.05) is 30.0 Å². The SMILES string of the molecule is Cc1ccccc1OCc1nc(SCC(=O)NC(C)C)n[nH]1. The molecule has 118 valence electrons. The van der Waals surface area contributed by atoms with E-state index < -0.39 is 0 Å². The molecule has 1 aromatic carbocycles. The molecule has 22 heavy (non-hydrogen) atoms. The van der Waals surface area contributed by atoms with Gasteiger partial charge in [-0.15, -0.1) is 5.10 Å². The van der Waals surface area contributed by atoms with Gasteiger partial charge >= 0.3 is 0 Å². The van der Waals surface area contributed by atoms with E-state index in [1.807, 2.05) is 45.0 Å². The van der Waals surface area contributed by atoms with E-state index in [1.54, 1.807) is 0 Å². The van der Waals surface area contributed by atoms with Gasteiger partial charge in [0.15, 0.2) is 5.82 Å². The number of nitrogens with one attached hydrogen (secondary N) is 2. The number of nitrogens with zero attached hydrogens (tertiary/aromatic N) is 2. The number of amides is 1. The van der Waals surface area contributed by atoms with Crippen molar-refractivity contribution in [3.63, 3.8) is 0 Å². The Bertz CT molecular complexity index is 628. The molecule has 0 bridgehead atoms. The fraction of sp³-hybridized carbons (Fsp3) is 0.400. The Labute approximate surface area is 134 Å². The van der Waals surface area contributed by atoms with Gasteiger partial charge in [0, 0.05) is 6.04 Å². The molecule has 0 spiro atoms. The van der Waals surface area contributed by atoms with Crippen molar-refractivity contribution >= 4 is 17.7 Å². The summed E-state index contributed by atoms with van der Waals surface area (Å²) in [7, 11) is 0. The summed E-state index contributed by atoms with van der Waals surface area (Å²) >= 11 is 1.30. The molecule has 2 rings (SSSR count). The van der Waals surface area contributed by atoms with Gasteiger partial charge in [0.1, 0.15) is 12.4 Å². The molecular weight excluding hydrogens is 300 g/mol. The number of H-pyrrole nitrogens is 1. The maximum Gasteiger partial charge on any atom is 0.230 e. The van der Waals surface area contributed by atoms with Crippen molar-refractivity contribution in [2.75, 3.05) is 5.75 Å². The topological polar surface area (TPSA) is 79.9 Å². The van der Waals surface area contributed by atoms with Crippen LogP contribution in [0.3, 0.4) is 0 Å². The van der Waals surface area contributed by atoms with Crippen LogP contribution in [0.5, 0.6) is 5.75 Å². The van der Waals surface area contributed by atoms with Crippen LogP contribution in [-0.2, 0) is 11.4 Å². The zero-order valence-electron chi connectivity index (χ0n) is 12.9. The number of para-hydroxylation sites is 1. The number of aryl methyl sites for hydroxylation is 1. The minimum absolute atomic E-state index is 0.0255. The van der Waals surface area contributed by atoms with E-state index in [1.165, 1.54) is 11.8 Å². The number of thioether (sulfide) groups is 1. The highest BCUT2D eigenvalue weighted by Gasteiger charge is 2.09. The van der Waals surface area contributed by atoms with Crippen LogP contribution in [0.1, 0.15) is 25.2 Å². The molecule has 0 aliphatic carbocycles. The van der Waals surface area contributed by atoms with Gasteiger partial charge in [-0.2, -0.15) is 0 Å². The van der Waals surface area contributed by atoms with Crippen molar-refractivity contribution in [1.29, 1.82) is 0 Å². The van der Waals surface area contributed by atoms with Gasteiger partial charge < -0.3 is 10.1 Å². The van der Waals surface area contributed by atoms with E-state index >= 15 is 0 Å². The van der Waals surface area contributed by atoms with Gasteiger partial charge in [-0.25, -0.2) is 4.98 Å². The molecule has 0 atom stereocenters. The van der Waals surface area contributed by atoms with E-state index in [4.69, 9.17) is 4.74 Å². The van der Waals surface area contributed by atoms with E-state index in [0.29, 0.717) is 23.3 Å². The lowest BCUT2D eigenvalue weighted by atomic mass is 10.2. The number of aromatic nitrogens is 3. The maximum absolute atomic E-state index is 11.6. The molecule has 0 saturated heterocycles. The molecule has 2 aromatic rings. The van der Waals surface area contributed by atoms with E-state index in [2.05, 4.69) is 20.5 Å². The van der Waals surface area contributed by atoms with Crippen LogP contribution in [0.2, 0.25) is 0 Å². The fourth-order valence-corrected chi connectivity index (χ4v) is 2.39. The molecule has 0 unspecified atom stereocenters. The molecule has 1 aromatic heterocycles. The van der Waals surface area contributed by atoms with Crippen molar-refractivity contribution in [3.05, 3.63) is 35.7 Å². The minimum Gasteiger partial charge on any atom is -0.485 e. The van der Waals surface area contributed by atoms with Crippen LogP contribution in [-0.4, -0.2) is 32.9 Å². The van der Waals surface area contributed by atoms with Gasteiger partial charge in [-0.3, -0.25) is 9.89 Å². The summed E-state index contributed by atoms with van der Waals surface area (Å²) in [4.78, 5) is 15.9. The predicted octanol–water partition coefficient (Wildman–Crippen LogP) is 2.31. The molecule has 7 heteroatoms. The second kappa shape index (κ2) is 7.84. The zero-order valence-corrected chi connectivity index (χ0v) is 13.7. The Morgan fingerprint density at radius 1 is 1.41 bits per heavy atom. The highest BCUT2D eigenvalue weighted by Crippen LogP contribution is 2.18. The molecule has 6 nitrogen and oxygen atoms in total. The van der Waals surface area contributed by atoms with Gasteiger partial charge in [-0.05, 0) is 32.4 Å². The smallest absolute Gasteiger partial charge is 0.230 e. The number of carbonyl (C=O) groups excluding carboxylic acids is 1. The first-order valence-electron chi connectivity index (χ1n) is 7.06. The lowest BCUT2D eigenvalue weighted by molar-refractivity contribution is -0.119. The van der Waals surface area contributed by atoms with Gasteiger partial charge in [0.05, 0.1) is 5.75 Å². The monoisotopic (exact) mass is 320 g/mol.